The summed E-state index contributed by atoms with van der Waals surface area (Å²) in [6, 6.07) is 9.10. The van der Waals surface area contributed by atoms with E-state index in [1.54, 1.807) is 24.0 Å². The molecule has 1 saturated heterocycles. The highest BCUT2D eigenvalue weighted by Crippen LogP contribution is 2.12. The molecule has 2 aromatic rings. The largest absolute Gasteiger partial charge is 0.424 e. The Morgan fingerprint density at radius 3 is 2.55 bits per heavy atom. The van der Waals surface area contributed by atoms with Gasteiger partial charge in [-0.05, 0) is 12.1 Å². The molecule has 0 radical (unpaired) electrons. The van der Waals surface area contributed by atoms with Gasteiger partial charge >= 0.3 is 6.09 Å². The minimum atomic E-state index is -0.306. The number of hydrogen-bond acceptors (Lipinski definition) is 6. The van der Waals surface area contributed by atoms with Crippen molar-refractivity contribution in [3.8, 4) is 5.75 Å². The number of hydrogen-bond donors (Lipinski definition) is 0. The van der Waals surface area contributed by atoms with Crippen LogP contribution >= 0.6 is 0 Å². The first-order valence-electron chi connectivity index (χ1n) is 7.24. The number of piperazine rings is 1. The number of benzene rings is 1. The highest BCUT2D eigenvalue weighted by atomic mass is 16.6. The molecule has 0 aliphatic carbocycles. The van der Waals surface area contributed by atoms with E-state index in [0.29, 0.717) is 37.2 Å². The summed E-state index contributed by atoms with van der Waals surface area (Å²) in [5.41, 5.74) is 0. The highest BCUT2D eigenvalue weighted by Gasteiger charge is 2.23. The summed E-state index contributed by atoms with van der Waals surface area (Å²) in [7, 11) is 0. The molecule has 0 N–H and O–H groups in total. The molecule has 0 saturated carbocycles. The van der Waals surface area contributed by atoms with E-state index in [9.17, 15) is 4.79 Å². The predicted octanol–water partition coefficient (Wildman–Crippen LogP) is 1.69. The van der Waals surface area contributed by atoms with Crippen LogP contribution in [0.2, 0.25) is 0 Å². The number of carbonyl (C=O) groups is 1. The molecule has 0 atom stereocenters. The first kappa shape index (κ1) is 14.5. The van der Waals surface area contributed by atoms with Gasteiger partial charge in [-0.15, -0.1) is 10.2 Å². The van der Waals surface area contributed by atoms with Crippen LogP contribution in [0.5, 0.6) is 5.75 Å². The molecule has 2 heterocycles. The SMILES string of the molecule is Cc1nnc(CN2CCN(C(=O)Oc3ccccc3)CC2)o1. The number of nitrogens with zero attached hydrogens (tertiary/aromatic N) is 4. The second kappa shape index (κ2) is 6.57. The molecule has 1 amide bonds. The highest BCUT2D eigenvalue weighted by molar-refractivity contribution is 5.70. The summed E-state index contributed by atoms with van der Waals surface area (Å²) >= 11 is 0. The van der Waals surface area contributed by atoms with Gasteiger partial charge in [-0.1, -0.05) is 18.2 Å². The fourth-order valence-electron chi connectivity index (χ4n) is 2.34. The van der Waals surface area contributed by atoms with Gasteiger partial charge in [0.2, 0.25) is 11.8 Å². The third kappa shape index (κ3) is 3.62. The van der Waals surface area contributed by atoms with Gasteiger partial charge in [-0.3, -0.25) is 4.90 Å². The van der Waals surface area contributed by atoms with Crippen LogP contribution in [-0.2, 0) is 6.54 Å². The molecule has 22 heavy (non-hydrogen) atoms. The molecule has 3 rings (SSSR count). The molecule has 1 aromatic carbocycles. The van der Waals surface area contributed by atoms with Crippen molar-refractivity contribution in [3.05, 3.63) is 42.1 Å². The minimum absolute atomic E-state index is 0.306. The standard InChI is InChI=1S/C15H18N4O3/c1-12-16-17-14(21-12)11-18-7-9-19(10-8-18)15(20)22-13-5-3-2-4-6-13/h2-6H,7-11H2,1H3. The van der Waals surface area contributed by atoms with Crippen LogP contribution in [0.3, 0.4) is 0 Å². The average Bonchev–Trinajstić information content (AvgIpc) is 2.94. The number of carbonyl (C=O) groups excluding carboxylic acids is 1. The van der Waals surface area contributed by atoms with Crippen molar-refractivity contribution in [3.63, 3.8) is 0 Å². The maximum Gasteiger partial charge on any atom is 0.415 e. The monoisotopic (exact) mass is 302 g/mol. The molecule has 1 aliphatic heterocycles. The lowest BCUT2D eigenvalue weighted by atomic mass is 10.3. The van der Waals surface area contributed by atoms with Crippen molar-refractivity contribution in [2.75, 3.05) is 26.2 Å². The van der Waals surface area contributed by atoms with Crippen molar-refractivity contribution >= 4 is 6.09 Å². The van der Waals surface area contributed by atoms with Crippen LogP contribution in [-0.4, -0.2) is 52.3 Å². The number of rotatable bonds is 3. The van der Waals surface area contributed by atoms with E-state index in [1.807, 2.05) is 18.2 Å². The Kier molecular flexibility index (Phi) is 4.34. The second-order valence-corrected chi connectivity index (χ2v) is 5.16. The normalized spacial score (nSPS) is 15.8. The van der Waals surface area contributed by atoms with Crippen LogP contribution in [0.25, 0.3) is 0 Å². The zero-order valence-corrected chi connectivity index (χ0v) is 12.4. The lowest BCUT2D eigenvalue weighted by Crippen LogP contribution is -2.49. The molecule has 1 aliphatic rings. The number of para-hydroxylation sites is 1. The maximum atomic E-state index is 12.1. The summed E-state index contributed by atoms with van der Waals surface area (Å²) in [5, 5.41) is 7.80. The molecule has 116 valence electrons. The summed E-state index contributed by atoms with van der Waals surface area (Å²) in [6.07, 6.45) is -0.306. The Balaban J connectivity index is 1.48. The Hall–Kier alpha value is -2.41. The Morgan fingerprint density at radius 2 is 1.91 bits per heavy atom. The van der Waals surface area contributed by atoms with E-state index in [-0.39, 0.29) is 6.09 Å². The molecule has 7 heteroatoms. The molecule has 7 nitrogen and oxygen atoms in total. The van der Waals surface area contributed by atoms with Gasteiger partial charge in [-0.25, -0.2) is 4.79 Å². The van der Waals surface area contributed by atoms with E-state index in [1.165, 1.54) is 0 Å². The average molecular weight is 302 g/mol. The number of aryl methyl sites for hydroxylation is 1. The Morgan fingerprint density at radius 1 is 1.18 bits per heavy atom. The first-order chi connectivity index (χ1) is 10.7. The topological polar surface area (TPSA) is 71.7 Å². The molecular formula is C15H18N4O3. The third-order valence-corrected chi connectivity index (χ3v) is 3.51. The van der Waals surface area contributed by atoms with E-state index >= 15 is 0 Å². The van der Waals surface area contributed by atoms with Crippen LogP contribution in [0.1, 0.15) is 11.8 Å². The third-order valence-electron chi connectivity index (χ3n) is 3.51. The molecule has 1 aromatic heterocycles. The number of amides is 1. The summed E-state index contributed by atoms with van der Waals surface area (Å²) in [4.78, 5) is 16.0. The summed E-state index contributed by atoms with van der Waals surface area (Å²) in [5.74, 6) is 1.74. The fourth-order valence-corrected chi connectivity index (χ4v) is 2.34. The number of aromatic nitrogens is 2. The van der Waals surface area contributed by atoms with Crippen molar-refractivity contribution < 1.29 is 13.9 Å². The summed E-state index contributed by atoms with van der Waals surface area (Å²) in [6.45, 7) is 5.14. The lowest BCUT2D eigenvalue weighted by Gasteiger charge is -2.33. The van der Waals surface area contributed by atoms with Crippen LogP contribution in [0.4, 0.5) is 4.79 Å². The van der Waals surface area contributed by atoms with Gasteiger partial charge in [0.25, 0.3) is 0 Å². The zero-order valence-electron chi connectivity index (χ0n) is 12.4. The smallest absolute Gasteiger partial charge is 0.415 e. The van der Waals surface area contributed by atoms with Crippen molar-refractivity contribution in [2.24, 2.45) is 0 Å². The Labute approximate surface area is 128 Å². The van der Waals surface area contributed by atoms with E-state index in [4.69, 9.17) is 9.15 Å². The van der Waals surface area contributed by atoms with Crippen LogP contribution in [0.15, 0.2) is 34.7 Å². The molecule has 1 fully saturated rings. The fraction of sp³-hybridized carbons (Fsp3) is 0.400. The second-order valence-electron chi connectivity index (χ2n) is 5.16. The van der Waals surface area contributed by atoms with Crippen LogP contribution < -0.4 is 4.74 Å². The first-order valence-corrected chi connectivity index (χ1v) is 7.24. The van der Waals surface area contributed by atoms with Gasteiger partial charge in [0.15, 0.2) is 0 Å². The van der Waals surface area contributed by atoms with Crippen molar-refractivity contribution in [1.82, 2.24) is 20.0 Å². The van der Waals surface area contributed by atoms with E-state index in [0.717, 1.165) is 13.1 Å². The van der Waals surface area contributed by atoms with Gasteiger partial charge in [0.05, 0.1) is 6.54 Å². The lowest BCUT2D eigenvalue weighted by molar-refractivity contribution is 0.103. The molecule has 0 spiro atoms. The quantitative estimate of drug-likeness (QED) is 0.859. The van der Waals surface area contributed by atoms with E-state index in [2.05, 4.69) is 15.1 Å². The van der Waals surface area contributed by atoms with Crippen LogP contribution in [0, 0.1) is 6.92 Å². The molecule has 0 unspecified atom stereocenters. The van der Waals surface area contributed by atoms with Gasteiger partial charge in [-0.2, -0.15) is 0 Å². The van der Waals surface area contributed by atoms with Crippen molar-refractivity contribution in [2.45, 2.75) is 13.5 Å². The zero-order chi connectivity index (χ0) is 15.4. The molecular weight excluding hydrogens is 284 g/mol. The van der Waals surface area contributed by atoms with E-state index < -0.39 is 0 Å². The van der Waals surface area contributed by atoms with Crippen molar-refractivity contribution in [1.29, 1.82) is 0 Å². The van der Waals surface area contributed by atoms with Gasteiger partial charge in [0, 0.05) is 33.1 Å². The van der Waals surface area contributed by atoms with Gasteiger partial charge < -0.3 is 14.1 Å². The number of ether oxygens (including phenoxy) is 1. The Bertz CT molecular complexity index is 621. The predicted molar refractivity (Wildman–Crippen MR) is 78.4 cm³/mol. The molecule has 0 bridgehead atoms. The van der Waals surface area contributed by atoms with Gasteiger partial charge in [0.1, 0.15) is 5.75 Å². The maximum absolute atomic E-state index is 12.1. The summed E-state index contributed by atoms with van der Waals surface area (Å²) < 4.78 is 10.7. The minimum Gasteiger partial charge on any atom is -0.424 e.